The summed E-state index contributed by atoms with van der Waals surface area (Å²) in [5.41, 5.74) is 9.46. The van der Waals surface area contributed by atoms with Crippen molar-refractivity contribution in [3.05, 3.63) is 45.4 Å². The highest BCUT2D eigenvalue weighted by atomic mass is 79.9. The smallest absolute Gasteiger partial charge is 0.293 e. The molecule has 3 heterocycles. The zero-order valence-corrected chi connectivity index (χ0v) is 18.8. The maximum atomic E-state index is 13.4. The molecule has 0 spiro atoms. The maximum Gasteiger partial charge on any atom is 0.293 e. The van der Waals surface area contributed by atoms with Crippen molar-refractivity contribution in [2.45, 2.75) is 38.8 Å². The summed E-state index contributed by atoms with van der Waals surface area (Å²) in [7, 11) is 0. The second-order valence-corrected chi connectivity index (χ2v) is 8.31. The minimum atomic E-state index is -0.552. The lowest BCUT2D eigenvalue weighted by atomic mass is 10.0. The summed E-state index contributed by atoms with van der Waals surface area (Å²) in [5.74, 6) is -0.741. The number of benzene rings is 1. The van der Waals surface area contributed by atoms with E-state index in [1.165, 1.54) is 23.0 Å². The Balaban J connectivity index is 1.58. The van der Waals surface area contributed by atoms with Gasteiger partial charge in [-0.05, 0) is 70.2 Å². The molecular formula is C19H21BrFN9O2. The third-order valence-electron chi connectivity index (χ3n) is 5.29. The first-order valence-corrected chi connectivity index (χ1v) is 10.8. The first-order chi connectivity index (χ1) is 15.4. The molecule has 1 aliphatic heterocycles. The molecule has 32 heavy (non-hydrogen) atoms. The van der Waals surface area contributed by atoms with Crippen molar-refractivity contribution < 1.29 is 13.8 Å². The van der Waals surface area contributed by atoms with Gasteiger partial charge < -0.3 is 5.73 Å². The average molecular weight is 506 g/mol. The minimum absolute atomic E-state index is 0.0368. The zero-order chi connectivity index (χ0) is 22.7. The van der Waals surface area contributed by atoms with E-state index in [4.69, 9.17) is 5.73 Å². The molecule has 1 atom stereocenters. The monoisotopic (exact) mass is 505 g/mol. The summed E-state index contributed by atoms with van der Waals surface area (Å²) in [5, 5.41) is 19.4. The Kier molecular flexibility index (Phi) is 6.55. The molecule has 11 nitrogen and oxygen atoms in total. The van der Waals surface area contributed by atoms with E-state index in [-0.39, 0.29) is 23.1 Å². The van der Waals surface area contributed by atoms with Gasteiger partial charge in [-0.3, -0.25) is 9.69 Å². The van der Waals surface area contributed by atoms with Gasteiger partial charge in [-0.2, -0.15) is 9.78 Å². The van der Waals surface area contributed by atoms with Crippen molar-refractivity contribution in [3.63, 3.8) is 0 Å². The third kappa shape index (κ3) is 4.67. The predicted octanol–water partition coefficient (Wildman–Crippen LogP) is 2.27. The van der Waals surface area contributed by atoms with E-state index in [1.54, 1.807) is 6.07 Å². The van der Waals surface area contributed by atoms with Crippen LogP contribution in [0.2, 0.25) is 0 Å². The first kappa shape index (κ1) is 22.0. The molecule has 1 saturated heterocycles. The molecule has 13 heteroatoms. The Hall–Kier alpha value is -3.19. The number of hydrazone groups is 1. The highest BCUT2D eigenvalue weighted by Crippen LogP contribution is 2.23. The summed E-state index contributed by atoms with van der Waals surface area (Å²) in [6.45, 7) is 3.44. The number of nitrogens with one attached hydrogen (secondary N) is 1. The molecule has 1 unspecified atom stereocenters. The first-order valence-electron chi connectivity index (χ1n) is 9.99. The van der Waals surface area contributed by atoms with Gasteiger partial charge in [0.1, 0.15) is 5.82 Å². The molecule has 1 aliphatic rings. The predicted molar refractivity (Wildman–Crippen MR) is 117 cm³/mol. The van der Waals surface area contributed by atoms with Crippen molar-refractivity contribution in [2.75, 3.05) is 12.3 Å². The molecule has 3 N–H and O–H groups in total. The zero-order valence-electron chi connectivity index (χ0n) is 17.2. The van der Waals surface area contributed by atoms with Crippen molar-refractivity contribution in [2.24, 2.45) is 5.10 Å². The van der Waals surface area contributed by atoms with Crippen LogP contribution in [0.4, 0.5) is 10.2 Å². The second kappa shape index (κ2) is 9.53. The van der Waals surface area contributed by atoms with Gasteiger partial charge in [0.05, 0.1) is 16.4 Å². The van der Waals surface area contributed by atoms with Crippen LogP contribution in [0.25, 0.3) is 5.82 Å². The largest absolute Gasteiger partial charge is 0.378 e. The number of aromatic nitrogens is 5. The molecule has 0 radical (unpaired) electrons. The van der Waals surface area contributed by atoms with Gasteiger partial charge in [0, 0.05) is 12.6 Å². The number of hydrogen-bond acceptors (Lipinski definition) is 9. The fourth-order valence-corrected chi connectivity index (χ4v) is 3.92. The summed E-state index contributed by atoms with van der Waals surface area (Å²) in [4.78, 5) is 15.1. The Morgan fingerprint density at radius 3 is 3.00 bits per heavy atom. The van der Waals surface area contributed by atoms with E-state index in [2.05, 4.69) is 63.5 Å². The van der Waals surface area contributed by atoms with Gasteiger partial charge in [-0.15, -0.1) is 5.10 Å². The molecule has 0 bridgehead atoms. The van der Waals surface area contributed by atoms with Crippen LogP contribution in [0.15, 0.2) is 32.4 Å². The lowest BCUT2D eigenvalue weighted by Crippen LogP contribution is -2.38. The van der Waals surface area contributed by atoms with E-state index in [1.807, 2.05) is 0 Å². The van der Waals surface area contributed by atoms with Gasteiger partial charge in [0.2, 0.25) is 11.6 Å². The highest BCUT2D eigenvalue weighted by Gasteiger charge is 2.28. The minimum Gasteiger partial charge on any atom is -0.378 e. The van der Waals surface area contributed by atoms with Crippen LogP contribution in [0.1, 0.15) is 47.9 Å². The molecule has 0 saturated carbocycles. The number of nitrogens with two attached hydrogens (primary N) is 1. The van der Waals surface area contributed by atoms with Crippen molar-refractivity contribution >= 4 is 33.9 Å². The van der Waals surface area contributed by atoms with Crippen LogP contribution in [0, 0.1) is 5.82 Å². The molecule has 0 aliphatic carbocycles. The van der Waals surface area contributed by atoms with Crippen molar-refractivity contribution in [3.8, 4) is 5.82 Å². The van der Waals surface area contributed by atoms with Gasteiger partial charge >= 0.3 is 0 Å². The molecule has 3 aromatic rings. The number of hydrogen-bond donors (Lipinski definition) is 2. The van der Waals surface area contributed by atoms with Gasteiger partial charge in [-0.25, -0.2) is 14.4 Å². The second-order valence-electron chi connectivity index (χ2n) is 7.46. The molecule has 1 fully saturated rings. The Morgan fingerprint density at radius 1 is 1.44 bits per heavy atom. The maximum absolute atomic E-state index is 13.4. The summed E-state index contributed by atoms with van der Waals surface area (Å²) in [6, 6.07) is 4.72. The summed E-state index contributed by atoms with van der Waals surface area (Å²) < 4.78 is 19.7. The van der Waals surface area contributed by atoms with Crippen molar-refractivity contribution in [1.82, 2.24) is 35.6 Å². The van der Waals surface area contributed by atoms with Gasteiger partial charge in [0.15, 0.2) is 5.69 Å². The fraction of sp³-hybridized carbons (Fsp3) is 0.368. The van der Waals surface area contributed by atoms with E-state index in [0.717, 1.165) is 25.8 Å². The Labute approximate surface area is 190 Å². The lowest BCUT2D eigenvalue weighted by Gasteiger charge is -2.33. The van der Waals surface area contributed by atoms with Crippen LogP contribution in [0.5, 0.6) is 0 Å². The van der Waals surface area contributed by atoms with Crippen LogP contribution in [0.3, 0.4) is 0 Å². The summed E-state index contributed by atoms with van der Waals surface area (Å²) >= 11 is 3.11. The number of likely N-dealkylation sites (tertiary alicyclic amines) is 1. The van der Waals surface area contributed by atoms with Gasteiger partial charge in [0.25, 0.3) is 5.91 Å². The molecule has 4 rings (SSSR count). The normalized spacial score (nSPS) is 17.2. The van der Waals surface area contributed by atoms with E-state index in [0.29, 0.717) is 28.3 Å². The van der Waals surface area contributed by atoms with E-state index >= 15 is 0 Å². The van der Waals surface area contributed by atoms with Crippen molar-refractivity contribution in [1.29, 1.82) is 0 Å². The number of nitrogen functional groups attached to an aromatic ring is 1. The molecule has 168 valence electrons. The summed E-state index contributed by atoms with van der Waals surface area (Å²) in [6.07, 6.45) is 4.70. The van der Waals surface area contributed by atoms with Gasteiger partial charge in [-0.1, -0.05) is 17.7 Å². The average Bonchev–Trinajstić information content (AvgIpc) is 3.38. The number of piperidine rings is 1. The van der Waals surface area contributed by atoms with E-state index < -0.39 is 5.91 Å². The number of rotatable bonds is 6. The highest BCUT2D eigenvalue weighted by molar-refractivity contribution is 9.10. The van der Waals surface area contributed by atoms with E-state index in [9.17, 15) is 9.18 Å². The number of nitrogens with zero attached hydrogens (tertiary/aromatic N) is 7. The quantitative estimate of drug-likeness (QED) is 0.383. The molecular weight excluding hydrogens is 485 g/mol. The molecule has 1 amide bonds. The number of halogens is 2. The standard InChI is InChI=1S/C19H21BrFN9O2/c1-11-4-2-3-7-29(11)10-15-16(24-28-30(15)18-17(22)26-32-27-18)19(31)25-23-9-12-5-6-14(21)13(20)8-12/h5-6,8-9,11H,2-4,7,10H2,1H3,(H2,22,26)(H,25,31). The van der Waals surface area contributed by atoms with Crippen LogP contribution in [-0.4, -0.2) is 54.9 Å². The Bertz CT molecular complexity index is 1150. The lowest BCUT2D eigenvalue weighted by molar-refractivity contribution is 0.0945. The third-order valence-corrected chi connectivity index (χ3v) is 5.90. The fourth-order valence-electron chi connectivity index (χ4n) is 3.52. The topological polar surface area (TPSA) is 140 Å². The number of carbonyl (C=O) groups excluding carboxylic acids is 1. The SMILES string of the molecule is CC1CCCCN1Cc1c(C(=O)NN=Cc2ccc(F)c(Br)c2)nnn1-c1nonc1N. The van der Waals surface area contributed by atoms with Crippen LogP contribution in [-0.2, 0) is 6.54 Å². The van der Waals surface area contributed by atoms with Crippen LogP contribution >= 0.6 is 15.9 Å². The molecule has 1 aromatic carbocycles. The molecule has 2 aromatic heterocycles. The Morgan fingerprint density at radius 2 is 2.28 bits per heavy atom. The number of carbonyl (C=O) groups is 1. The van der Waals surface area contributed by atoms with Crippen LogP contribution < -0.4 is 11.2 Å². The number of anilines is 1. The number of amides is 1.